The number of carbonyl (C=O) groups excluding carboxylic acids is 1. The average Bonchev–Trinajstić information content (AvgIpc) is 2.96. The number of hydrogen-bond acceptors (Lipinski definition) is 6. The van der Waals surface area contributed by atoms with E-state index in [0.717, 1.165) is 6.54 Å². The number of ether oxygens (including phenoxy) is 1. The van der Waals surface area contributed by atoms with Crippen molar-refractivity contribution in [1.29, 1.82) is 0 Å². The molecule has 0 unspecified atom stereocenters. The minimum atomic E-state index is -0.474. The van der Waals surface area contributed by atoms with Crippen LogP contribution in [0.15, 0.2) is 34.6 Å². The molecule has 22 heavy (non-hydrogen) atoms. The summed E-state index contributed by atoms with van der Waals surface area (Å²) in [6.07, 6.45) is 1.66. The molecule has 118 valence electrons. The second kappa shape index (κ2) is 7.74. The summed E-state index contributed by atoms with van der Waals surface area (Å²) in [6.45, 7) is 5.46. The lowest BCUT2D eigenvalue weighted by Gasteiger charge is -2.06. The van der Waals surface area contributed by atoms with E-state index >= 15 is 0 Å². The van der Waals surface area contributed by atoms with Gasteiger partial charge in [-0.1, -0.05) is 19.9 Å². The summed E-state index contributed by atoms with van der Waals surface area (Å²) < 4.78 is 6.63. The predicted octanol–water partition coefficient (Wildman–Crippen LogP) is 2.23. The zero-order valence-corrected chi connectivity index (χ0v) is 13.4. The molecule has 2 rings (SSSR count). The molecule has 0 aliphatic heterocycles. The number of aromatic nitrogens is 2. The average molecular weight is 321 g/mol. The number of nitrogens with zero attached hydrogens (tertiary/aromatic N) is 2. The van der Waals surface area contributed by atoms with E-state index in [2.05, 4.69) is 24.1 Å². The summed E-state index contributed by atoms with van der Waals surface area (Å²) in [5.74, 6) is 0.0290. The highest BCUT2D eigenvalue weighted by atomic mass is 32.1. The van der Waals surface area contributed by atoms with Gasteiger partial charge in [-0.3, -0.25) is 4.79 Å². The first kappa shape index (κ1) is 16.2. The smallest absolute Gasteiger partial charge is 0.357 e. The number of anilines is 1. The molecule has 0 spiro atoms. The van der Waals surface area contributed by atoms with Crippen molar-refractivity contribution >= 4 is 22.4 Å². The van der Waals surface area contributed by atoms with Crippen LogP contribution in [0, 0.1) is 5.92 Å². The molecule has 1 N–H and O–H groups in total. The Morgan fingerprint density at radius 1 is 1.45 bits per heavy atom. The van der Waals surface area contributed by atoms with Crippen LogP contribution in [0.1, 0.15) is 24.3 Å². The van der Waals surface area contributed by atoms with Crippen LogP contribution >= 0.6 is 11.3 Å². The van der Waals surface area contributed by atoms with Crippen LogP contribution in [-0.4, -0.2) is 28.7 Å². The van der Waals surface area contributed by atoms with E-state index in [1.807, 2.05) is 0 Å². The van der Waals surface area contributed by atoms with Crippen molar-refractivity contribution < 1.29 is 9.53 Å². The van der Waals surface area contributed by atoms with Crippen LogP contribution in [0.4, 0.5) is 5.13 Å². The third-order valence-electron chi connectivity index (χ3n) is 2.84. The van der Waals surface area contributed by atoms with Gasteiger partial charge in [-0.05, 0) is 12.0 Å². The van der Waals surface area contributed by atoms with Gasteiger partial charge in [0.1, 0.15) is 6.61 Å². The van der Waals surface area contributed by atoms with Crippen LogP contribution in [0.5, 0.6) is 0 Å². The number of carbonyl (C=O) groups is 1. The second-order valence-electron chi connectivity index (χ2n) is 5.18. The number of nitrogens with one attached hydrogen (secondary N) is 1. The van der Waals surface area contributed by atoms with E-state index in [0.29, 0.717) is 17.6 Å². The first-order valence-electron chi connectivity index (χ1n) is 7.08. The van der Waals surface area contributed by atoms with E-state index in [1.165, 1.54) is 22.0 Å². The maximum absolute atomic E-state index is 11.9. The topological polar surface area (TPSA) is 73.2 Å². The molecule has 0 amide bonds. The quantitative estimate of drug-likeness (QED) is 0.792. The zero-order valence-electron chi connectivity index (χ0n) is 12.6. The van der Waals surface area contributed by atoms with Crippen LogP contribution < -0.4 is 10.9 Å². The van der Waals surface area contributed by atoms with Crippen molar-refractivity contribution in [2.75, 3.05) is 18.5 Å². The van der Waals surface area contributed by atoms with E-state index in [-0.39, 0.29) is 17.9 Å². The van der Waals surface area contributed by atoms with Gasteiger partial charge >= 0.3 is 5.97 Å². The molecule has 0 bridgehead atoms. The fourth-order valence-corrected chi connectivity index (χ4v) is 2.39. The zero-order chi connectivity index (χ0) is 15.9. The molecule has 2 aromatic heterocycles. The highest BCUT2D eigenvalue weighted by Gasteiger charge is 2.12. The Labute approximate surface area is 132 Å². The van der Waals surface area contributed by atoms with E-state index in [4.69, 9.17) is 4.74 Å². The predicted molar refractivity (Wildman–Crippen MR) is 86.4 cm³/mol. The summed E-state index contributed by atoms with van der Waals surface area (Å²) in [4.78, 5) is 27.6. The van der Waals surface area contributed by atoms with Gasteiger partial charge in [0.05, 0.1) is 6.54 Å². The molecule has 2 aromatic rings. The van der Waals surface area contributed by atoms with Crippen molar-refractivity contribution in [2.24, 2.45) is 5.92 Å². The van der Waals surface area contributed by atoms with Crippen LogP contribution in [0.2, 0.25) is 0 Å². The van der Waals surface area contributed by atoms with Gasteiger partial charge in [-0.25, -0.2) is 9.78 Å². The molecular weight excluding hydrogens is 302 g/mol. The van der Waals surface area contributed by atoms with Crippen molar-refractivity contribution in [1.82, 2.24) is 9.55 Å². The molecular formula is C15H19N3O3S. The van der Waals surface area contributed by atoms with Crippen molar-refractivity contribution in [3.05, 3.63) is 45.8 Å². The summed E-state index contributed by atoms with van der Waals surface area (Å²) in [5.41, 5.74) is 0.170. The Morgan fingerprint density at radius 2 is 2.27 bits per heavy atom. The normalized spacial score (nSPS) is 10.7. The highest BCUT2D eigenvalue weighted by Crippen LogP contribution is 2.16. The Bertz CT molecular complexity index is 678. The maximum atomic E-state index is 11.9. The first-order valence-corrected chi connectivity index (χ1v) is 7.96. The summed E-state index contributed by atoms with van der Waals surface area (Å²) in [7, 11) is 0. The Balaban J connectivity index is 1.82. The molecule has 6 nitrogen and oxygen atoms in total. The number of rotatable bonds is 7. The van der Waals surface area contributed by atoms with Gasteiger partial charge in [-0.2, -0.15) is 0 Å². The van der Waals surface area contributed by atoms with Crippen LogP contribution in [0.25, 0.3) is 0 Å². The molecule has 0 atom stereocenters. The molecule has 0 radical (unpaired) electrons. The van der Waals surface area contributed by atoms with Gasteiger partial charge in [0, 0.05) is 24.2 Å². The van der Waals surface area contributed by atoms with E-state index in [9.17, 15) is 9.59 Å². The van der Waals surface area contributed by atoms with Crippen molar-refractivity contribution in [2.45, 2.75) is 20.4 Å². The molecule has 2 heterocycles. The molecule has 0 aliphatic carbocycles. The number of pyridine rings is 1. The number of thiazole rings is 1. The number of esters is 1. The number of hydrogen-bond donors (Lipinski definition) is 1. The van der Waals surface area contributed by atoms with Gasteiger partial charge in [0.2, 0.25) is 0 Å². The fourth-order valence-electron chi connectivity index (χ4n) is 1.70. The highest BCUT2D eigenvalue weighted by molar-refractivity contribution is 7.13. The Morgan fingerprint density at radius 3 is 3.00 bits per heavy atom. The van der Waals surface area contributed by atoms with Gasteiger partial charge in [0.25, 0.3) is 5.56 Å². The largest absolute Gasteiger partial charge is 0.459 e. The standard InChI is InChI=1S/C15H19N3O3S/c1-11(2)9-16-15-17-12(10-22-15)14(20)21-8-7-18-6-4-3-5-13(18)19/h3-6,10-11H,7-9H2,1-2H3,(H,16,17). The minimum Gasteiger partial charge on any atom is -0.459 e. The lowest BCUT2D eigenvalue weighted by atomic mass is 10.2. The monoisotopic (exact) mass is 321 g/mol. The third kappa shape index (κ3) is 4.70. The summed E-state index contributed by atoms with van der Waals surface area (Å²) in [6, 6.07) is 4.90. The molecule has 7 heteroatoms. The Kier molecular flexibility index (Phi) is 5.71. The second-order valence-corrected chi connectivity index (χ2v) is 6.04. The minimum absolute atomic E-state index is 0.118. The summed E-state index contributed by atoms with van der Waals surface area (Å²) in [5, 5.41) is 5.54. The molecule has 0 aliphatic rings. The fraction of sp³-hybridized carbons (Fsp3) is 0.400. The van der Waals surface area contributed by atoms with Crippen molar-refractivity contribution in [3.63, 3.8) is 0 Å². The first-order chi connectivity index (χ1) is 10.6. The van der Waals surface area contributed by atoms with Gasteiger partial charge < -0.3 is 14.6 Å². The summed E-state index contributed by atoms with van der Waals surface area (Å²) >= 11 is 1.37. The lowest BCUT2D eigenvalue weighted by Crippen LogP contribution is -2.21. The van der Waals surface area contributed by atoms with Crippen LogP contribution in [0.3, 0.4) is 0 Å². The SMILES string of the molecule is CC(C)CNc1nc(C(=O)OCCn2ccccc2=O)cs1. The van der Waals surface area contributed by atoms with Crippen molar-refractivity contribution in [3.8, 4) is 0 Å². The molecule has 0 saturated carbocycles. The molecule has 0 aromatic carbocycles. The Hall–Kier alpha value is -2.15. The van der Waals surface area contributed by atoms with Gasteiger partial charge in [-0.15, -0.1) is 11.3 Å². The van der Waals surface area contributed by atoms with Gasteiger partial charge in [0.15, 0.2) is 10.8 Å². The lowest BCUT2D eigenvalue weighted by molar-refractivity contribution is 0.0484. The van der Waals surface area contributed by atoms with E-state index < -0.39 is 5.97 Å². The molecule has 0 saturated heterocycles. The third-order valence-corrected chi connectivity index (χ3v) is 3.64. The maximum Gasteiger partial charge on any atom is 0.357 e. The van der Waals surface area contributed by atoms with E-state index in [1.54, 1.807) is 23.7 Å². The van der Waals surface area contributed by atoms with Crippen LogP contribution in [-0.2, 0) is 11.3 Å². The molecule has 0 fully saturated rings.